The highest BCUT2D eigenvalue weighted by atomic mass is 15.4. The third-order valence-electron chi connectivity index (χ3n) is 8.25. The molecular weight excluding hydrogens is 414 g/mol. The number of para-hydroxylation sites is 3. The molecule has 0 radical (unpaired) electrons. The molecule has 2 bridgehead atoms. The van der Waals surface area contributed by atoms with Gasteiger partial charge in [-0.15, -0.1) is 0 Å². The summed E-state index contributed by atoms with van der Waals surface area (Å²) in [5.41, 5.74) is 9.25. The van der Waals surface area contributed by atoms with Crippen LogP contribution < -0.4 is 9.80 Å². The van der Waals surface area contributed by atoms with E-state index in [1.165, 1.54) is 50.0 Å². The molecule has 0 saturated carbocycles. The zero-order chi connectivity index (χ0) is 23.0. The number of fused-ring (bicyclic) bond motifs is 5. The Labute approximate surface area is 200 Å². The molecule has 3 heteroatoms. The molecule has 4 aromatic carbocycles. The van der Waals surface area contributed by atoms with E-state index in [-0.39, 0.29) is 5.54 Å². The fourth-order valence-corrected chi connectivity index (χ4v) is 6.65. The summed E-state index contributed by atoms with van der Waals surface area (Å²) in [5.74, 6) is 0. The number of anilines is 2. The van der Waals surface area contributed by atoms with Gasteiger partial charge in [0.2, 0.25) is 0 Å². The van der Waals surface area contributed by atoms with Crippen molar-refractivity contribution in [1.82, 2.24) is 4.57 Å². The first kappa shape index (κ1) is 19.7. The molecule has 8 rings (SSSR count). The smallest absolute Gasteiger partial charge is 0.0995 e. The number of hydrogen-bond acceptors (Lipinski definition) is 2. The van der Waals surface area contributed by atoms with E-state index in [9.17, 15) is 0 Å². The van der Waals surface area contributed by atoms with Crippen molar-refractivity contribution in [1.29, 1.82) is 0 Å². The van der Waals surface area contributed by atoms with Gasteiger partial charge in [-0.3, -0.25) is 0 Å². The van der Waals surface area contributed by atoms with Gasteiger partial charge in [0, 0.05) is 39.9 Å². The molecule has 3 nitrogen and oxygen atoms in total. The van der Waals surface area contributed by atoms with Crippen LogP contribution in [0.2, 0.25) is 0 Å². The van der Waals surface area contributed by atoms with Gasteiger partial charge < -0.3 is 14.4 Å². The van der Waals surface area contributed by atoms with E-state index in [0.29, 0.717) is 6.17 Å². The minimum atomic E-state index is -0.0129. The maximum Gasteiger partial charge on any atom is 0.0995 e. The predicted octanol–water partition coefficient (Wildman–Crippen LogP) is 7.38. The van der Waals surface area contributed by atoms with Crippen LogP contribution in [0, 0.1) is 6.92 Å². The van der Waals surface area contributed by atoms with Gasteiger partial charge in [0.1, 0.15) is 0 Å². The van der Waals surface area contributed by atoms with Gasteiger partial charge in [0.05, 0.1) is 22.7 Å². The molecule has 34 heavy (non-hydrogen) atoms. The molecule has 3 aliphatic rings. The second-order valence-corrected chi connectivity index (χ2v) is 10.1. The molecule has 5 aromatic rings. The van der Waals surface area contributed by atoms with Crippen LogP contribution in [0.1, 0.15) is 31.4 Å². The molecule has 1 unspecified atom stereocenters. The lowest BCUT2D eigenvalue weighted by molar-refractivity contribution is 0.294. The Morgan fingerprint density at radius 1 is 0.765 bits per heavy atom. The minimum absolute atomic E-state index is 0.0129. The molecule has 1 aromatic heterocycles. The lowest BCUT2D eigenvalue weighted by atomic mass is 9.77. The standard InChI is InChI=1S/C31H29N3/c1-21-19-30-25(24-13-7-9-15-27(24)33(30)23-11-5-4-6-12-23)20-29(21)34-22(2)32-18-17-31(34,3)26-14-8-10-16-28(26)32/h4-16,19-20,22H,17-18H2,1-3H3/t22-,31?/m0/s1. The van der Waals surface area contributed by atoms with Crippen molar-refractivity contribution < 1.29 is 0 Å². The summed E-state index contributed by atoms with van der Waals surface area (Å²) in [6, 6.07) is 33.4. The van der Waals surface area contributed by atoms with E-state index in [4.69, 9.17) is 0 Å². The number of aryl methyl sites for hydroxylation is 1. The van der Waals surface area contributed by atoms with E-state index in [2.05, 4.69) is 126 Å². The Balaban J connectivity index is 1.50. The largest absolute Gasteiger partial charge is 0.351 e. The van der Waals surface area contributed by atoms with Crippen LogP contribution in [0.4, 0.5) is 11.4 Å². The number of nitrogens with zero attached hydrogens (tertiary/aromatic N) is 3. The Kier molecular flexibility index (Phi) is 4.00. The van der Waals surface area contributed by atoms with Crippen LogP contribution in [0.15, 0.2) is 91.0 Å². The summed E-state index contributed by atoms with van der Waals surface area (Å²) in [4.78, 5) is 5.26. The monoisotopic (exact) mass is 443 g/mol. The number of aromatic nitrogens is 1. The van der Waals surface area contributed by atoms with E-state index in [0.717, 1.165) is 13.0 Å². The van der Waals surface area contributed by atoms with Crippen molar-refractivity contribution in [2.24, 2.45) is 0 Å². The van der Waals surface area contributed by atoms with Crippen LogP contribution in [0.25, 0.3) is 27.5 Å². The van der Waals surface area contributed by atoms with Crippen LogP contribution in [0.3, 0.4) is 0 Å². The first-order valence-electron chi connectivity index (χ1n) is 12.3. The Hall–Kier alpha value is -3.72. The Morgan fingerprint density at radius 3 is 2.35 bits per heavy atom. The van der Waals surface area contributed by atoms with Gasteiger partial charge in [-0.05, 0) is 69.2 Å². The van der Waals surface area contributed by atoms with Gasteiger partial charge in [0.15, 0.2) is 0 Å². The molecule has 0 aliphatic carbocycles. The highest BCUT2D eigenvalue weighted by Gasteiger charge is 2.49. The van der Waals surface area contributed by atoms with Gasteiger partial charge in [-0.25, -0.2) is 0 Å². The lowest BCUT2D eigenvalue weighted by Gasteiger charge is -2.61. The molecule has 168 valence electrons. The van der Waals surface area contributed by atoms with E-state index in [1.54, 1.807) is 0 Å². The molecule has 2 atom stereocenters. The first-order chi connectivity index (χ1) is 16.6. The topological polar surface area (TPSA) is 11.4 Å². The zero-order valence-corrected chi connectivity index (χ0v) is 20.0. The first-order valence-corrected chi connectivity index (χ1v) is 12.3. The van der Waals surface area contributed by atoms with Gasteiger partial charge in [0.25, 0.3) is 0 Å². The maximum atomic E-state index is 2.68. The summed E-state index contributed by atoms with van der Waals surface area (Å²) in [6.07, 6.45) is 1.45. The van der Waals surface area contributed by atoms with Gasteiger partial charge >= 0.3 is 0 Å². The van der Waals surface area contributed by atoms with Crippen LogP contribution in [-0.4, -0.2) is 17.3 Å². The summed E-state index contributed by atoms with van der Waals surface area (Å²) in [5, 5.41) is 2.63. The van der Waals surface area contributed by atoms with Crippen molar-refractivity contribution in [3.8, 4) is 5.69 Å². The molecule has 1 fully saturated rings. The average Bonchev–Trinajstić information content (AvgIpc) is 3.18. The summed E-state index contributed by atoms with van der Waals surface area (Å²) in [6.45, 7) is 8.20. The van der Waals surface area contributed by atoms with E-state index >= 15 is 0 Å². The van der Waals surface area contributed by atoms with Crippen LogP contribution in [-0.2, 0) is 5.54 Å². The number of benzene rings is 4. The van der Waals surface area contributed by atoms with Crippen molar-refractivity contribution in [3.05, 3.63) is 102 Å². The van der Waals surface area contributed by atoms with Crippen molar-refractivity contribution >= 4 is 33.2 Å². The molecule has 1 saturated heterocycles. The number of hydrogen-bond donors (Lipinski definition) is 0. The molecule has 4 heterocycles. The summed E-state index contributed by atoms with van der Waals surface area (Å²) >= 11 is 0. The summed E-state index contributed by atoms with van der Waals surface area (Å²) < 4.78 is 2.41. The predicted molar refractivity (Wildman–Crippen MR) is 143 cm³/mol. The van der Waals surface area contributed by atoms with E-state index < -0.39 is 0 Å². The molecule has 0 N–H and O–H groups in total. The quantitative estimate of drug-likeness (QED) is 0.282. The lowest BCUT2D eigenvalue weighted by Crippen LogP contribution is -2.66. The second kappa shape index (κ2) is 6.89. The van der Waals surface area contributed by atoms with E-state index in [1.807, 2.05) is 0 Å². The minimum Gasteiger partial charge on any atom is -0.351 e. The highest BCUT2D eigenvalue weighted by Crippen LogP contribution is 2.52. The molecule has 0 amide bonds. The number of rotatable bonds is 2. The molecule has 3 aliphatic heterocycles. The maximum absolute atomic E-state index is 2.68. The van der Waals surface area contributed by atoms with Crippen LogP contribution in [0.5, 0.6) is 0 Å². The Morgan fingerprint density at radius 2 is 1.50 bits per heavy atom. The Bertz CT molecular complexity index is 1560. The van der Waals surface area contributed by atoms with Gasteiger partial charge in [-0.2, -0.15) is 0 Å². The molecular formula is C31H29N3. The average molecular weight is 444 g/mol. The fraction of sp³-hybridized carbons (Fsp3) is 0.226. The normalized spacial score (nSPS) is 21.4. The zero-order valence-electron chi connectivity index (χ0n) is 20.0. The van der Waals surface area contributed by atoms with Gasteiger partial charge in [-0.1, -0.05) is 54.6 Å². The second-order valence-electron chi connectivity index (χ2n) is 10.1. The SMILES string of the molecule is Cc1cc2c(cc1N1[C@@H](C)N3CCC1(C)c1ccccc13)c1ccccc1n2-c1ccccc1. The van der Waals surface area contributed by atoms with Crippen molar-refractivity contribution in [2.75, 3.05) is 16.3 Å². The highest BCUT2D eigenvalue weighted by molar-refractivity contribution is 6.10. The molecule has 0 spiro atoms. The van der Waals surface area contributed by atoms with Crippen molar-refractivity contribution in [2.45, 2.75) is 38.9 Å². The summed E-state index contributed by atoms with van der Waals surface area (Å²) in [7, 11) is 0. The van der Waals surface area contributed by atoms with Crippen molar-refractivity contribution in [3.63, 3.8) is 0 Å². The fourth-order valence-electron chi connectivity index (χ4n) is 6.65. The third kappa shape index (κ3) is 2.47. The van der Waals surface area contributed by atoms with Crippen LogP contribution >= 0.6 is 0 Å². The third-order valence-corrected chi connectivity index (χ3v) is 8.25.